The molecule has 5 nitrogen and oxygen atoms in total. The Morgan fingerprint density at radius 1 is 1.30 bits per heavy atom. The second-order valence-corrected chi connectivity index (χ2v) is 5.73. The summed E-state index contributed by atoms with van der Waals surface area (Å²) in [5, 5.41) is 10.8. The minimum Gasteiger partial charge on any atom is -0.357 e. The molecule has 0 amide bonds. The molecular weight excluding hydrogens is 286 g/mol. The van der Waals surface area contributed by atoms with E-state index in [1.165, 1.54) is 11.1 Å². The predicted molar refractivity (Wildman–Crippen MR) is 95.8 cm³/mol. The summed E-state index contributed by atoms with van der Waals surface area (Å²) in [7, 11) is 0. The van der Waals surface area contributed by atoms with Gasteiger partial charge in [0.15, 0.2) is 5.96 Å². The molecular formula is C18H27N5. The van der Waals surface area contributed by atoms with Crippen molar-refractivity contribution >= 4 is 5.96 Å². The van der Waals surface area contributed by atoms with E-state index >= 15 is 0 Å². The summed E-state index contributed by atoms with van der Waals surface area (Å²) in [6, 6.07) is 10.6. The van der Waals surface area contributed by atoms with E-state index in [0.717, 1.165) is 32.1 Å². The highest BCUT2D eigenvalue weighted by molar-refractivity contribution is 5.79. The molecule has 124 valence electrons. The fourth-order valence-corrected chi connectivity index (χ4v) is 2.37. The zero-order valence-electron chi connectivity index (χ0n) is 14.3. The van der Waals surface area contributed by atoms with Gasteiger partial charge < -0.3 is 10.6 Å². The number of nitrogens with one attached hydrogen (secondary N) is 2. The molecule has 0 saturated carbocycles. The number of hydrogen-bond donors (Lipinski definition) is 2. The summed E-state index contributed by atoms with van der Waals surface area (Å²) in [5.41, 5.74) is 2.63. The van der Waals surface area contributed by atoms with E-state index in [-0.39, 0.29) is 0 Å². The monoisotopic (exact) mass is 313 g/mol. The first-order valence-corrected chi connectivity index (χ1v) is 8.25. The quantitative estimate of drug-likeness (QED) is 0.610. The Kier molecular flexibility index (Phi) is 6.66. The molecule has 23 heavy (non-hydrogen) atoms. The Hall–Kier alpha value is -2.30. The average molecular weight is 313 g/mol. The van der Waals surface area contributed by atoms with Crippen molar-refractivity contribution in [1.29, 1.82) is 0 Å². The number of aromatic nitrogens is 2. The summed E-state index contributed by atoms with van der Waals surface area (Å²) in [6.45, 7) is 9.66. The molecule has 5 heteroatoms. The van der Waals surface area contributed by atoms with Gasteiger partial charge in [-0.15, -0.1) is 0 Å². The third-order valence-electron chi connectivity index (χ3n) is 3.67. The van der Waals surface area contributed by atoms with Gasteiger partial charge in [-0.05, 0) is 25.5 Å². The number of nitrogens with zero attached hydrogens (tertiary/aromatic N) is 3. The molecule has 0 aliphatic heterocycles. The summed E-state index contributed by atoms with van der Waals surface area (Å²) in [6.07, 6.45) is 3.76. The van der Waals surface area contributed by atoms with Gasteiger partial charge in [-0.1, -0.05) is 36.8 Å². The molecule has 0 radical (unpaired) electrons. The van der Waals surface area contributed by atoms with Gasteiger partial charge in [-0.25, -0.2) is 0 Å². The van der Waals surface area contributed by atoms with E-state index in [9.17, 15) is 0 Å². The van der Waals surface area contributed by atoms with Crippen molar-refractivity contribution < 1.29 is 0 Å². The van der Waals surface area contributed by atoms with Crippen LogP contribution in [0.1, 0.15) is 30.9 Å². The third kappa shape index (κ3) is 5.77. The fraction of sp³-hybridized carbons (Fsp3) is 0.444. The van der Waals surface area contributed by atoms with Crippen LogP contribution >= 0.6 is 0 Å². The number of guanidine groups is 1. The van der Waals surface area contributed by atoms with E-state index in [1.54, 1.807) is 6.20 Å². The van der Waals surface area contributed by atoms with Crippen LogP contribution < -0.4 is 10.6 Å². The lowest BCUT2D eigenvalue weighted by Gasteiger charge is -2.14. The largest absolute Gasteiger partial charge is 0.357 e. The lowest BCUT2D eigenvalue weighted by molar-refractivity contribution is 0.597. The van der Waals surface area contributed by atoms with Gasteiger partial charge in [0.2, 0.25) is 0 Å². The Morgan fingerprint density at radius 2 is 2.17 bits per heavy atom. The second-order valence-electron chi connectivity index (χ2n) is 5.73. The van der Waals surface area contributed by atoms with Crippen LogP contribution in [-0.2, 0) is 6.54 Å². The maximum Gasteiger partial charge on any atom is 0.191 e. The summed E-state index contributed by atoms with van der Waals surface area (Å²) in [4.78, 5) is 4.70. The van der Waals surface area contributed by atoms with Crippen molar-refractivity contribution in [3.05, 3.63) is 53.9 Å². The molecule has 0 fully saturated rings. The molecule has 1 atom stereocenters. The topological polar surface area (TPSA) is 54.2 Å². The Morgan fingerprint density at radius 3 is 2.87 bits per heavy atom. The van der Waals surface area contributed by atoms with Gasteiger partial charge in [0.1, 0.15) is 0 Å². The molecule has 1 aromatic heterocycles. The Balaban J connectivity index is 1.87. The molecule has 2 N–H and O–H groups in total. The SMILES string of the molecule is CCNC(=NCC(C)c1cccc(C)c1)NCCn1cccn1. The Labute approximate surface area is 138 Å². The molecule has 1 aromatic carbocycles. The van der Waals surface area contributed by atoms with Crippen LogP contribution in [0.5, 0.6) is 0 Å². The lowest BCUT2D eigenvalue weighted by Crippen LogP contribution is -2.39. The number of hydrogen-bond acceptors (Lipinski definition) is 2. The van der Waals surface area contributed by atoms with E-state index in [1.807, 2.05) is 16.9 Å². The molecule has 1 unspecified atom stereocenters. The van der Waals surface area contributed by atoms with Crippen LogP contribution in [-0.4, -0.2) is 35.4 Å². The van der Waals surface area contributed by atoms with E-state index in [2.05, 4.69) is 60.8 Å². The molecule has 2 aromatic rings. The van der Waals surface area contributed by atoms with Crippen LogP contribution in [0.15, 0.2) is 47.7 Å². The minimum atomic E-state index is 0.400. The van der Waals surface area contributed by atoms with Crippen LogP contribution in [0, 0.1) is 6.92 Å². The maximum atomic E-state index is 4.70. The third-order valence-corrected chi connectivity index (χ3v) is 3.67. The van der Waals surface area contributed by atoms with Crippen molar-refractivity contribution in [2.75, 3.05) is 19.6 Å². The van der Waals surface area contributed by atoms with Gasteiger partial charge in [-0.2, -0.15) is 5.10 Å². The maximum absolute atomic E-state index is 4.70. The average Bonchev–Trinajstić information content (AvgIpc) is 3.05. The zero-order valence-corrected chi connectivity index (χ0v) is 14.3. The van der Waals surface area contributed by atoms with Gasteiger partial charge in [0.05, 0.1) is 6.54 Å². The number of aryl methyl sites for hydroxylation is 1. The van der Waals surface area contributed by atoms with Gasteiger partial charge in [0, 0.05) is 37.9 Å². The highest BCUT2D eigenvalue weighted by Gasteiger charge is 2.06. The van der Waals surface area contributed by atoms with Gasteiger partial charge >= 0.3 is 0 Å². The highest BCUT2D eigenvalue weighted by Crippen LogP contribution is 2.16. The molecule has 0 spiro atoms. The highest BCUT2D eigenvalue weighted by atomic mass is 15.3. The summed E-state index contributed by atoms with van der Waals surface area (Å²) >= 11 is 0. The number of benzene rings is 1. The van der Waals surface area contributed by atoms with Crippen molar-refractivity contribution in [3.8, 4) is 0 Å². The second kappa shape index (κ2) is 8.98. The molecule has 0 aliphatic carbocycles. The normalized spacial score (nSPS) is 12.9. The van der Waals surface area contributed by atoms with Crippen molar-refractivity contribution in [2.45, 2.75) is 33.2 Å². The number of aliphatic imine (C=N–C) groups is 1. The molecule has 2 rings (SSSR count). The minimum absolute atomic E-state index is 0.400. The van der Waals surface area contributed by atoms with Crippen LogP contribution in [0.25, 0.3) is 0 Å². The van der Waals surface area contributed by atoms with Crippen LogP contribution in [0.2, 0.25) is 0 Å². The Bertz CT molecular complexity index is 604. The van der Waals surface area contributed by atoms with E-state index in [4.69, 9.17) is 4.99 Å². The molecule has 0 aliphatic rings. The van der Waals surface area contributed by atoms with Crippen LogP contribution in [0.4, 0.5) is 0 Å². The van der Waals surface area contributed by atoms with E-state index in [0.29, 0.717) is 5.92 Å². The first-order chi connectivity index (χ1) is 11.2. The smallest absolute Gasteiger partial charge is 0.191 e. The van der Waals surface area contributed by atoms with Crippen LogP contribution in [0.3, 0.4) is 0 Å². The number of rotatable bonds is 7. The summed E-state index contributed by atoms with van der Waals surface area (Å²) in [5.74, 6) is 1.26. The molecule has 0 saturated heterocycles. The molecule has 0 bridgehead atoms. The fourth-order valence-electron chi connectivity index (χ4n) is 2.37. The predicted octanol–water partition coefficient (Wildman–Crippen LogP) is 2.55. The standard InChI is InChI=1S/C18H27N5/c1-4-19-18(20-10-12-23-11-6-9-22-23)21-14-16(3)17-8-5-7-15(2)13-17/h5-9,11,13,16H,4,10,12,14H2,1-3H3,(H2,19,20,21). The van der Waals surface area contributed by atoms with Crippen molar-refractivity contribution in [3.63, 3.8) is 0 Å². The van der Waals surface area contributed by atoms with Gasteiger partial charge in [-0.3, -0.25) is 9.67 Å². The summed E-state index contributed by atoms with van der Waals surface area (Å²) < 4.78 is 1.91. The molecule has 1 heterocycles. The van der Waals surface area contributed by atoms with Gasteiger partial charge in [0.25, 0.3) is 0 Å². The van der Waals surface area contributed by atoms with Crippen molar-refractivity contribution in [2.24, 2.45) is 4.99 Å². The first kappa shape index (κ1) is 17.1. The van der Waals surface area contributed by atoms with Crippen molar-refractivity contribution in [1.82, 2.24) is 20.4 Å². The first-order valence-electron chi connectivity index (χ1n) is 8.25. The lowest BCUT2D eigenvalue weighted by atomic mass is 10.00. The van der Waals surface area contributed by atoms with E-state index < -0.39 is 0 Å². The zero-order chi connectivity index (χ0) is 16.5.